The van der Waals surface area contributed by atoms with Crippen LogP contribution in [0.4, 0.5) is 5.69 Å². The fraction of sp³-hybridized carbons (Fsp3) is 0.600. The van der Waals surface area contributed by atoms with Gasteiger partial charge in [0.1, 0.15) is 0 Å². The quantitative estimate of drug-likeness (QED) is 0.907. The molecule has 0 aromatic heterocycles. The second-order valence-electron chi connectivity index (χ2n) is 5.59. The van der Waals surface area contributed by atoms with Crippen molar-refractivity contribution in [2.75, 3.05) is 18.1 Å². The zero-order chi connectivity index (χ0) is 13.4. The Bertz CT molecular complexity index is 463. The first kappa shape index (κ1) is 13.4. The maximum absolute atomic E-state index is 6.15. The molecule has 1 aromatic rings. The Morgan fingerprint density at radius 2 is 2.26 bits per heavy atom. The summed E-state index contributed by atoms with van der Waals surface area (Å²) >= 11 is 3.55. The number of halogens is 1. The molecule has 1 aromatic carbocycles. The van der Waals surface area contributed by atoms with Crippen LogP contribution in [0, 0.1) is 0 Å². The Labute approximate surface area is 123 Å². The Morgan fingerprint density at radius 3 is 3.05 bits per heavy atom. The standard InChI is InChI=1S/C15H21BrN2O/c1-10(17)12-9-11(16)5-6-13(12)18-7-8-19-15-4-2-3-14(15)18/h5-6,9-10,14-15H,2-4,7-8,17H2,1H3. The molecule has 1 saturated heterocycles. The molecule has 1 aliphatic heterocycles. The highest BCUT2D eigenvalue weighted by atomic mass is 79.9. The van der Waals surface area contributed by atoms with Crippen LogP contribution in [0.15, 0.2) is 22.7 Å². The van der Waals surface area contributed by atoms with E-state index in [1.54, 1.807) is 0 Å². The molecule has 0 bridgehead atoms. The van der Waals surface area contributed by atoms with Crippen LogP contribution in [0.1, 0.15) is 37.8 Å². The summed E-state index contributed by atoms with van der Waals surface area (Å²) in [6, 6.07) is 7.05. The van der Waals surface area contributed by atoms with Crippen molar-refractivity contribution >= 4 is 21.6 Å². The fourth-order valence-electron chi connectivity index (χ4n) is 3.38. The number of benzene rings is 1. The molecule has 2 N–H and O–H groups in total. The van der Waals surface area contributed by atoms with Gasteiger partial charge < -0.3 is 15.4 Å². The van der Waals surface area contributed by atoms with Gasteiger partial charge in [-0.3, -0.25) is 0 Å². The first-order valence-corrected chi connectivity index (χ1v) is 7.89. The lowest BCUT2D eigenvalue weighted by atomic mass is 10.0. The number of hydrogen-bond donors (Lipinski definition) is 1. The number of morpholine rings is 1. The zero-order valence-corrected chi connectivity index (χ0v) is 12.9. The van der Waals surface area contributed by atoms with Crippen molar-refractivity contribution in [3.05, 3.63) is 28.2 Å². The van der Waals surface area contributed by atoms with E-state index in [4.69, 9.17) is 10.5 Å². The normalized spacial score (nSPS) is 28.3. The minimum Gasteiger partial charge on any atom is -0.374 e. The summed E-state index contributed by atoms with van der Waals surface area (Å²) in [5.74, 6) is 0. The molecular weight excluding hydrogens is 304 g/mol. The molecule has 0 spiro atoms. The van der Waals surface area contributed by atoms with E-state index in [0.29, 0.717) is 12.1 Å². The minimum absolute atomic E-state index is 0.0511. The van der Waals surface area contributed by atoms with Gasteiger partial charge in [0, 0.05) is 22.7 Å². The van der Waals surface area contributed by atoms with Crippen LogP contribution in [-0.2, 0) is 4.74 Å². The number of hydrogen-bond acceptors (Lipinski definition) is 3. The molecule has 2 aliphatic rings. The lowest BCUT2D eigenvalue weighted by Crippen LogP contribution is -2.49. The lowest BCUT2D eigenvalue weighted by Gasteiger charge is -2.40. The number of ether oxygens (including phenoxy) is 1. The number of anilines is 1. The SMILES string of the molecule is CC(N)c1cc(Br)ccc1N1CCOC2CCCC21. The molecule has 3 rings (SSSR count). The Kier molecular flexibility index (Phi) is 3.83. The van der Waals surface area contributed by atoms with Crippen molar-refractivity contribution in [3.63, 3.8) is 0 Å². The average molecular weight is 325 g/mol. The number of fused-ring (bicyclic) bond motifs is 1. The van der Waals surface area contributed by atoms with Crippen LogP contribution in [0.25, 0.3) is 0 Å². The molecule has 1 saturated carbocycles. The summed E-state index contributed by atoms with van der Waals surface area (Å²) in [6.45, 7) is 3.86. The number of rotatable bonds is 2. The van der Waals surface area contributed by atoms with E-state index in [2.05, 4.69) is 46.0 Å². The zero-order valence-electron chi connectivity index (χ0n) is 11.3. The van der Waals surface area contributed by atoms with Gasteiger partial charge in [-0.2, -0.15) is 0 Å². The Balaban J connectivity index is 1.96. The first-order chi connectivity index (χ1) is 9.16. The summed E-state index contributed by atoms with van der Waals surface area (Å²) in [5, 5.41) is 0. The van der Waals surface area contributed by atoms with E-state index in [1.165, 1.54) is 30.5 Å². The molecule has 3 atom stereocenters. The predicted octanol–water partition coefficient (Wildman–Crippen LogP) is 3.23. The van der Waals surface area contributed by atoms with Gasteiger partial charge in [-0.05, 0) is 49.9 Å². The van der Waals surface area contributed by atoms with E-state index in [9.17, 15) is 0 Å². The Hall–Kier alpha value is -0.580. The molecular formula is C15H21BrN2O. The average Bonchev–Trinajstić information content (AvgIpc) is 2.86. The number of nitrogens with zero attached hydrogens (tertiary/aromatic N) is 1. The van der Waals surface area contributed by atoms with Gasteiger partial charge in [0.25, 0.3) is 0 Å². The molecule has 3 unspecified atom stereocenters. The molecule has 1 aliphatic carbocycles. The van der Waals surface area contributed by atoms with Gasteiger partial charge in [0.15, 0.2) is 0 Å². The van der Waals surface area contributed by atoms with Crippen LogP contribution < -0.4 is 10.6 Å². The van der Waals surface area contributed by atoms with Crippen LogP contribution in [-0.4, -0.2) is 25.3 Å². The van der Waals surface area contributed by atoms with E-state index in [-0.39, 0.29) is 6.04 Å². The molecule has 4 heteroatoms. The third kappa shape index (κ3) is 2.54. The summed E-state index contributed by atoms with van der Waals surface area (Å²) in [7, 11) is 0. The Morgan fingerprint density at radius 1 is 1.42 bits per heavy atom. The molecule has 1 heterocycles. The highest BCUT2D eigenvalue weighted by molar-refractivity contribution is 9.10. The third-order valence-corrected chi connectivity index (χ3v) is 4.76. The lowest BCUT2D eigenvalue weighted by molar-refractivity contribution is 0.0255. The van der Waals surface area contributed by atoms with Crippen LogP contribution in [0.3, 0.4) is 0 Å². The van der Waals surface area contributed by atoms with E-state index >= 15 is 0 Å². The van der Waals surface area contributed by atoms with E-state index < -0.39 is 0 Å². The maximum atomic E-state index is 6.15. The van der Waals surface area contributed by atoms with Crippen molar-refractivity contribution < 1.29 is 4.74 Å². The predicted molar refractivity (Wildman–Crippen MR) is 81.5 cm³/mol. The van der Waals surface area contributed by atoms with Crippen molar-refractivity contribution in [2.24, 2.45) is 5.73 Å². The van der Waals surface area contributed by atoms with E-state index in [0.717, 1.165) is 17.6 Å². The third-order valence-electron chi connectivity index (χ3n) is 4.27. The van der Waals surface area contributed by atoms with Gasteiger partial charge in [0.2, 0.25) is 0 Å². The minimum atomic E-state index is 0.0511. The fourth-order valence-corrected chi connectivity index (χ4v) is 3.76. The van der Waals surface area contributed by atoms with Gasteiger partial charge in [0.05, 0.1) is 18.8 Å². The summed E-state index contributed by atoms with van der Waals surface area (Å²) < 4.78 is 6.99. The highest BCUT2D eigenvalue weighted by Gasteiger charge is 2.36. The van der Waals surface area contributed by atoms with Gasteiger partial charge in [-0.25, -0.2) is 0 Å². The maximum Gasteiger partial charge on any atom is 0.0779 e. The molecule has 3 nitrogen and oxygen atoms in total. The van der Waals surface area contributed by atoms with Crippen LogP contribution >= 0.6 is 15.9 Å². The smallest absolute Gasteiger partial charge is 0.0779 e. The van der Waals surface area contributed by atoms with Gasteiger partial charge in [-0.1, -0.05) is 15.9 Å². The van der Waals surface area contributed by atoms with E-state index in [1.807, 2.05) is 0 Å². The summed E-state index contributed by atoms with van der Waals surface area (Å²) in [5.41, 5.74) is 8.66. The molecule has 0 amide bonds. The van der Waals surface area contributed by atoms with Crippen molar-refractivity contribution in [2.45, 2.75) is 44.4 Å². The van der Waals surface area contributed by atoms with Crippen molar-refractivity contribution in [1.82, 2.24) is 0 Å². The summed E-state index contributed by atoms with van der Waals surface area (Å²) in [6.07, 6.45) is 4.12. The van der Waals surface area contributed by atoms with Crippen molar-refractivity contribution in [3.8, 4) is 0 Å². The number of nitrogens with two attached hydrogens (primary N) is 1. The van der Waals surface area contributed by atoms with Crippen LogP contribution in [0.2, 0.25) is 0 Å². The highest BCUT2D eigenvalue weighted by Crippen LogP contribution is 2.36. The largest absolute Gasteiger partial charge is 0.374 e. The molecule has 19 heavy (non-hydrogen) atoms. The monoisotopic (exact) mass is 324 g/mol. The molecule has 0 radical (unpaired) electrons. The second-order valence-corrected chi connectivity index (χ2v) is 6.51. The topological polar surface area (TPSA) is 38.5 Å². The van der Waals surface area contributed by atoms with Gasteiger partial charge >= 0.3 is 0 Å². The van der Waals surface area contributed by atoms with Crippen LogP contribution in [0.5, 0.6) is 0 Å². The van der Waals surface area contributed by atoms with Gasteiger partial charge in [-0.15, -0.1) is 0 Å². The van der Waals surface area contributed by atoms with Crippen molar-refractivity contribution in [1.29, 1.82) is 0 Å². The first-order valence-electron chi connectivity index (χ1n) is 7.10. The summed E-state index contributed by atoms with van der Waals surface area (Å²) in [4.78, 5) is 2.52. The molecule has 2 fully saturated rings. The second kappa shape index (κ2) is 5.43. The molecule has 104 valence electrons.